The van der Waals surface area contributed by atoms with E-state index in [2.05, 4.69) is 5.32 Å². The summed E-state index contributed by atoms with van der Waals surface area (Å²) in [6.45, 7) is 1.82. The maximum absolute atomic E-state index is 10.4. The zero-order valence-electron chi connectivity index (χ0n) is 15.6. The van der Waals surface area contributed by atoms with E-state index in [1.165, 1.54) is 12.1 Å². The van der Waals surface area contributed by atoms with E-state index in [1.54, 1.807) is 24.0 Å². The lowest BCUT2D eigenvalue weighted by Gasteiger charge is -2.05. The Balaban J connectivity index is 0.000000221. The molecule has 1 heterocycles. The lowest BCUT2D eigenvalue weighted by atomic mass is 10.2. The minimum atomic E-state index is -4.27. The first kappa shape index (κ1) is 21.1. The Morgan fingerprint density at radius 1 is 1.00 bits per heavy atom. The second-order valence-corrected chi connectivity index (χ2v) is 7.17. The highest BCUT2D eigenvalue weighted by atomic mass is 32.2. The third kappa shape index (κ3) is 7.22. The van der Waals surface area contributed by atoms with Crippen molar-refractivity contribution in [3.63, 3.8) is 0 Å². The molecule has 0 atom stereocenters. The van der Waals surface area contributed by atoms with Crippen LogP contribution in [-0.2, 0) is 10.1 Å². The predicted octanol–water partition coefficient (Wildman–Crippen LogP) is 3.01. The van der Waals surface area contributed by atoms with Crippen LogP contribution in [0.3, 0.4) is 0 Å². The van der Waals surface area contributed by atoms with Gasteiger partial charge in [-0.15, -0.1) is 0 Å². The summed E-state index contributed by atoms with van der Waals surface area (Å²) in [6.07, 6.45) is 7.65. The van der Waals surface area contributed by atoms with E-state index in [1.807, 2.05) is 74.1 Å². The topological polar surface area (TPSA) is 82.3 Å². The first-order chi connectivity index (χ1) is 13.4. The average Bonchev–Trinajstić information content (AvgIpc) is 2.69. The molecule has 146 valence electrons. The largest absolute Gasteiger partial charge is 0.744 e. The zero-order valence-corrected chi connectivity index (χ0v) is 16.5. The van der Waals surface area contributed by atoms with Crippen molar-refractivity contribution in [3.8, 4) is 0 Å². The molecule has 6 nitrogen and oxygen atoms in total. The number of benzene rings is 2. The minimum absolute atomic E-state index is 0.178. The Hall–Kier alpha value is -3.16. The predicted molar refractivity (Wildman–Crippen MR) is 107 cm³/mol. The van der Waals surface area contributed by atoms with Crippen molar-refractivity contribution in [2.24, 2.45) is 0 Å². The summed E-state index contributed by atoms with van der Waals surface area (Å²) in [6, 6.07) is 19.8. The van der Waals surface area contributed by atoms with E-state index >= 15 is 0 Å². The monoisotopic (exact) mass is 398 g/mol. The highest BCUT2D eigenvalue weighted by Crippen LogP contribution is 2.08. The summed E-state index contributed by atoms with van der Waals surface area (Å²) in [7, 11) is -2.63. The van der Waals surface area contributed by atoms with Crippen LogP contribution in [0.2, 0.25) is 0 Å². The Labute approximate surface area is 165 Å². The SMILES string of the molecule is CO[n+]1cccc(C=CNc2ccccc2)c1.Cc1ccc(S(=O)(=O)[O-])cc1. The van der Waals surface area contributed by atoms with Gasteiger partial charge in [-0.25, -0.2) is 8.42 Å². The smallest absolute Gasteiger partial charge is 0.229 e. The molecule has 0 bridgehead atoms. The molecule has 0 aliphatic heterocycles. The molecule has 2 aromatic carbocycles. The number of nitrogens with one attached hydrogen (secondary N) is 1. The van der Waals surface area contributed by atoms with Gasteiger partial charge in [-0.3, -0.25) is 4.84 Å². The van der Waals surface area contributed by atoms with Crippen LogP contribution in [0.25, 0.3) is 6.08 Å². The molecule has 0 radical (unpaired) electrons. The number of hydrogen-bond acceptors (Lipinski definition) is 5. The van der Waals surface area contributed by atoms with Crippen LogP contribution in [-0.4, -0.2) is 20.1 Å². The summed E-state index contributed by atoms with van der Waals surface area (Å²) in [4.78, 5) is 4.90. The van der Waals surface area contributed by atoms with Crippen molar-refractivity contribution < 1.29 is 22.5 Å². The minimum Gasteiger partial charge on any atom is -0.744 e. The number of para-hydroxylation sites is 1. The van der Waals surface area contributed by atoms with Crippen molar-refractivity contribution in [3.05, 3.63) is 96.5 Å². The number of pyridine rings is 1. The van der Waals surface area contributed by atoms with E-state index < -0.39 is 10.1 Å². The molecule has 0 amide bonds. The van der Waals surface area contributed by atoms with Crippen molar-refractivity contribution in [2.45, 2.75) is 11.8 Å². The molecule has 0 saturated carbocycles. The third-order valence-corrected chi connectivity index (χ3v) is 4.47. The van der Waals surface area contributed by atoms with E-state index in [0.29, 0.717) is 0 Å². The van der Waals surface area contributed by atoms with Crippen LogP contribution in [0, 0.1) is 6.92 Å². The fraction of sp³-hybridized carbons (Fsp3) is 0.0952. The maximum atomic E-state index is 10.4. The summed E-state index contributed by atoms with van der Waals surface area (Å²) >= 11 is 0. The molecular weight excluding hydrogens is 376 g/mol. The number of aromatic nitrogens is 1. The van der Waals surface area contributed by atoms with Crippen LogP contribution in [0.4, 0.5) is 5.69 Å². The summed E-state index contributed by atoms with van der Waals surface area (Å²) in [5.74, 6) is 0. The molecule has 1 N–H and O–H groups in total. The number of nitrogens with zero attached hydrogens (tertiary/aromatic N) is 1. The number of anilines is 1. The van der Waals surface area contributed by atoms with E-state index in [0.717, 1.165) is 16.8 Å². The standard InChI is InChI=1S/C14H15N2O.C7H8O3S/c1-17-16-11-5-6-13(12-16)9-10-15-14-7-3-2-4-8-14;1-6-2-4-7(5-3-6)11(8,9)10/h2-12,15H,1H3;2-5H,1H3,(H,8,9,10)/q+1;/p-1. The highest BCUT2D eigenvalue weighted by Gasteiger charge is 1.98. The van der Waals surface area contributed by atoms with Gasteiger partial charge in [0.15, 0.2) is 0 Å². The van der Waals surface area contributed by atoms with Gasteiger partial charge in [0.2, 0.25) is 12.4 Å². The van der Waals surface area contributed by atoms with Crippen LogP contribution in [0.1, 0.15) is 11.1 Å². The fourth-order valence-corrected chi connectivity index (χ4v) is 2.63. The second kappa shape index (κ2) is 10.2. The van der Waals surface area contributed by atoms with Crippen molar-refractivity contribution in [2.75, 3.05) is 12.4 Å². The van der Waals surface area contributed by atoms with Crippen molar-refractivity contribution >= 4 is 21.9 Å². The van der Waals surface area contributed by atoms with Crippen molar-refractivity contribution in [1.82, 2.24) is 0 Å². The van der Waals surface area contributed by atoms with E-state index in [9.17, 15) is 13.0 Å². The molecule has 0 spiro atoms. The lowest BCUT2D eigenvalue weighted by Crippen LogP contribution is -2.39. The number of aryl methyl sites for hydroxylation is 1. The zero-order chi connectivity index (χ0) is 20.4. The number of hydrogen-bond donors (Lipinski definition) is 1. The molecular formula is C21H22N2O4S. The van der Waals surface area contributed by atoms with Gasteiger partial charge in [0.25, 0.3) is 0 Å². The quantitative estimate of drug-likeness (QED) is 0.528. The Bertz CT molecular complexity index is 1000. The number of rotatable bonds is 5. The molecule has 0 aliphatic carbocycles. The summed E-state index contributed by atoms with van der Waals surface area (Å²) < 4.78 is 32.8. The Kier molecular flexibility index (Phi) is 7.74. The van der Waals surface area contributed by atoms with Gasteiger partial charge in [0, 0.05) is 28.2 Å². The van der Waals surface area contributed by atoms with Crippen LogP contribution >= 0.6 is 0 Å². The van der Waals surface area contributed by atoms with Gasteiger partial charge in [0.1, 0.15) is 17.2 Å². The summed E-state index contributed by atoms with van der Waals surface area (Å²) in [5, 5.41) is 3.20. The third-order valence-electron chi connectivity index (χ3n) is 3.62. The van der Waals surface area contributed by atoms with Crippen molar-refractivity contribution in [1.29, 1.82) is 0 Å². The normalized spacial score (nSPS) is 10.8. The van der Waals surface area contributed by atoms with Gasteiger partial charge in [-0.2, -0.15) is 0 Å². The van der Waals surface area contributed by atoms with Crippen LogP contribution in [0.15, 0.2) is 90.2 Å². The first-order valence-electron chi connectivity index (χ1n) is 8.45. The lowest BCUT2D eigenvalue weighted by molar-refractivity contribution is -0.885. The van der Waals surface area contributed by atoms with Gasteiger partial charge in [-0.1, -0.05) is 35.9 Å². The van der Waals surface area contributed by atoms with Crippen LogP contribution < -0.4 is 14.9 Å². The first-order valence-corrected chi connectivity index (χ1v) is 9.86. The van der Waals surface area contributed by atoms with E-state index in [-0.39, 0.29) is 4.90 Å². The van der Waals surface area contributed by atoms with E-state index in [4.69, 9.17) is 4.84 Å². The molecule has 3 rings (SSSR count). The summed E-state index contributed by atoms with van der Waals surface area (Å²) in [5.41, 5.74) is 3.06. The molecule has 1 aromatic heterocycles. The molecule has 3 aromatic rings. The fourth-order valence-electron chi connectivity index (χ4n) is 2.16. The van der Waals surface area contributed by atoms with Gasteiger partial charge in [-0.05, 0) is 43.3 Å². The average molecular weight is 398 g/mol. The second-order valence-electron chi connectivity index (χ2n) is 5.79. The molecule has 0 aliphatic rings. The van der Waals surface area contributed by atoms with Gasteiger partial charge in [0.05, 0.1) is 4.90 Å². The molecule has 0 fully saturated rings. The molecule has 7 heteroatoms. The molecule has 0 unspecified atom stereocenters. The Morgan fingerprint density at radius 2 is 1.68 bits per heavy atom. The van der Waals surface area contributed by atoms with Gasteiger partial charge < -0.3 is 9.87 Å². The van der Waals surface area contributed by atoms with Gasteiger partial charge >= 0.3 is 0 Å². The molecule has 0 saturated heterocycles. The Morgan fingerprint density at radius 3 is 2.29 bits per heavy atom. The highest BCUT2D eigenvalue weighted by molar-refractivity contribution is 7.85. The van der Waals surface area contributed by atoms with Crippen LogP contribution in [0.5, 0.6) is 0 Å². The maximum Gasteiger partial charge on any atom is 0.229 e. The molecule has 28 heavy (non-hydrogen) atoms.